The highest BCUT2D eigenvalue weighted by atomic mass is 32.2. The molecule has 3 N–H and O–H groups in total. The third kappa shape index (κ3) is 2.96. The van der Waals surface area contributed by atoms with Crippen LogP contribution in [0, 0.1) is 0 Å². The summed E-state index contributed by atoms with van der Waals surface area (Å²) in [4.78, 5) is 3.23. The molecule has 2 rings (SSSR count). The zero-order valence-corrected chi connectivity index (χ0v) is 12.0. The van der Waals surface area contributed by atoms with Crippen LogP contribution in [0.5, 0.6) is 0 Å². The molecule has 104 valence electrons. The van der Waals surface area contributed by atoms with Gasteiger partial charge in [0.1, 0.15) is 0 Å². The van der Waals surface area contributed by atoms with Crippen LogP contribution in [0.15, 0.2) is 28.3 Å². The minimum atomic E-state index is 0.152. The molecule has 0 saturated carbocycles. The Kier molecular flexibility index (Phi) is 4.55. The molecule has 0 aliphatic carbocycles. The number of thioether (sulfide) groups is 1. The van der Waals surface area contributed by atoms with Crippen LogP contribution in [-0.2, 0) is 4.74 Å². The number of rotatable bonds is 3. The lowest BCUT2D eigenvalue weighted by Crippen LogP contribution is -2.42. The van der Waals surface area contributed by atoms with E-state index in [-0.39, 0.29) is 11.9 Å². The quantitative estimate of drug-likeness (QED) is 0.290. The van der Waals surface area contributed by atoms with E-state index in [0.29, 0.717) is 6.61 Å². The third-order valence-corrected chi connectivity index (χ3v) is 3.95. The number of benzene rings is 1. The van der Waals surface area contributed by atoms with Gasteiger partial charge in [-0.1, -0.05) is 11.2 Å². The molecule has 1 aromatic carbocycles. The van der Waals surface area contributed by atoms with Crippen molar-refractivity contribution in [2.24, 2.45) is 10.9 Å². The molecule has 1 aliphatic rings. The number of amidine groups is 1. The summed E-state index contributed by atoms with van der Waals surface area (Å²) in [5.74, 6) is 0.152. The Labute approximate surface area is 117 Å². The number of ether oxygens (including phenoxy) is 1. The van der Waals surface area contributed by atoms with Crippen LogP contribution in [-0.4, -0.2) is 43.1 Å². The van der Waals surface area contributed by atoms with Gasteiger partial charge in [0.2, 0.25) is 0 Å². The van der Waals surface area contributed by atoms with E-state index in [1.807, 2.05) is 31.4 Å². The predicted molar refractivity (Wildman–Crippen MR) is 78.4 cm³/mol. The van der Waals surface area contributed by atoms with E-state index >= 15 is 0 Å². The Balaban J connectivity index is 2.44. The highest BCUT2D eigenvalue weighted by Gasteiger charge is 2.22. The molecule has 0 radical (unpaired) electrons. The SMILES string of the molecule is CSc1cccc(N2CCOC(C)C2)c1/C(N)=N/O. The second-order valence-electron chi connectivity index (χ2n) is 4.47. The fraction of sp³-hybridized carbons (Fsp3) is 0.462. The van der Waals surface area contributed by atoms with Crippen molar-refractivity contribution in [1.82, 2.24) is 0 Å². The molecule has 0 aromatic heterocycles. The number of hydrogen-bond acceptors (Lipinski definition) is 5. The maximum Gasteiger partial charge on any atom is 0.173 e. The van der Waals surface area contributed by atoms with E-state index in [4.69, 9.17) is 15.7 Å². The van der Waals surface area contributed by atoms with Gasteiger partial charge in [0.25, 0.3) is 0 Å². The Morgan fingerprint density at radius 2 is 2.37 bits per heavy atom. The van der Waals surface area contributed by atoms with Crippen molar-refractivity contribution in [1.29, 1.82) is 0 Å². The van der Waals surface area contributed by atoms with Crippen LogP contribution in [0.25, 0.3) is 0 Å². The van der Waals surface area contributed by atoms with Crippen molar-refractivity contribution in [3.8, 4) is 0 Å². The van der Waals surface area contributed by atoms with Crippen molar-refractivity contribution in [2.45, 2.75) is 17.9 Å². The minimum absolute atomic E-state index is 0.152. The van der Waals surface area contributed by atoms with Gasteiger partial charge in [0, 0.05) is 23.7 Å². The molecule has 1 aliphatic heterocycles. The molecule has 5 nitrogen and oxygen atoms in total. The first-order valence-electron chi connectivity index (χ1n) is 6.18. The maximum atomic E-state index is 8.99. The van der Waals surface area contributed by atoms with Gasteiger partial charge in [0.15, 0.2) is 5.84 Å². The van der Waals surface area contributed by atoms with Crippen molar-refractivity contribution in [2.75, 3.05) is 30.9 Å². The molecule has 1 aromatic rings. The highest BCUT2D eigenvalue weighted by Crippen LogP contribution is 2.30. The van der Waals surface area contributed by atoms with Gasteiger partial charge in [-0.25, -0.2) is 0 Å². The summed E-state index contributed by atoms with van der Waals surface area (Å²) in [7, 11) is 0. The molecular weight excluding hydrogens is 262 g/mol. The van der Waals surface area contributed by atoms with E-state index in [9.17, 15) is 0 Å². The van der Waals surface area contributed by atoms with E-state index in [1.54, 1.807) is 11.8 Å². The minimum Gasteiger partial charge on any atom is -0.409 e. The van der Waals surface area contributed by atoms with E-state index < -0.39 is 0 Å². The zero-order valence-electron chi connectivity index (χ0n) is 11.2. The lowest BCUT2D eigenvalue weighted by atomic mass is 10.1. The van der Waals surface area contributed by atoms with Crippen molar-refractivity contribution >= 4 is 23.3 Å². The second kappa shape index (κ2) is 6.16. The topological polar surface area (TPSA) is 71.1 Å². The Bertz CT molecular complexity index is 479. The van der Waals surface area contributed by atoms with Crippen LogP contribution >= 0.6 is 11.8 Å². The standard InChI is InChI=1S/C13H19N3O2S/c1-9-8-16(6-7-18-9)10-4-3-5-11(19-2)12(10)13(14)15-17/h3-5,9,17H,6-8H2,1-2H3,(H2,14,15). The van der Waals surface area contributed by atoms with E-state index in [2.05, 4.69) is 10.1 Å². The first kappa shape index (κ1) is 14.0. The molecule has 0 spiro atoms. The lowest BCUT2D eigenvalue weighted by molar-refractivity contribution is 0.0532. The summed E-state index contributed by atoms with van der Waals surface area (Å²) in [6.07, 6.45) is 2.17. The van der Waals surface area contributed by atoms with Crippen molar-refractivity contribution in [3.63, 3.8) is 0 Å². The average molecular weight is 281 g/mol. The van der Waals surface area contributed by atoms with Gasteiger partial charge in [0.05, 0.1) is 18.3 Å². The monoisotopic (exact) mass is 281 g/mol. The number of oxime groups is 1. The molecule has 1 unspecified atom stereocenters. The molecule has 1 fully saturated rings. The number of anilines is 1. The molecular formula is C13H19N3O2S. The van der Waals surface area contributed by atoms with E-state index in [0.717, 1.165) is 29.2 Å². The number of hydrogen-bond donors (Lipinski definition) is 2. The third-order valence-electron chi connectivity index (χ3n) is 3.17. The van der Waals surface area contributed by atoms with Crippen LogP contribution in [0.3, 0.4) is 0 Å². The second-order valence-corrected chi connectivity index (χ2v) is 5.32. The van der Waals surface area contributed by atoms with Crippen LogP contribution in [0.4, 0.5) is 5.69 Å². The van der Waals surface area contributed by atoms with E-state index in [1.165, 1.54) is 0 Å². The molecule has 19 heavy (non-hydrogen) atoms. The Morgan fingerprint density at radius 1 is 1.58 bits per heavy atom. The first-order valence-corrected chi connectivity index (χ1v) is 7.41. The average Bonchev–Trinajstić information content (AvgIpc) is 2.45. The molecule has 1 saturated heterocycles. The Morgan fingerprint density at radius 3 is 3.00 bits per heavy atom. The summed E-state index contributed by atoms with van der Waals surface area (Å²) < 4.78 is 5.56. The number of nitrogens with two attached hydrogens (primary N) is 1. The highest BCUT2D eigenvalue weighted by molar-refractivity contribution is 7.98. The van der Waals surface area contributed by atoms with Gasteiger partial charge in [-0.3, -0.25) is 0 Å². The van der Waals surface area contributed by atoms with Gasteiger partial charge in [-0.05, 0) is 25.3 Å². The summed E-state index contributed by atoms with van der Waals surface area (Å²) in [6.45, 7) is 4.37. The predicted octanol–water partition coefficient (Wildman–Crippen LogP) is 1.73. The summed E-state index contributed by atoms with van der Waals surface area (Å²) in [6, 6.07) is 5.98. The molecule has 0 amide bonds. The molecule has 0 bridgehead atoms. The van der Waals surface area contributed by atoms with Gasteiger partial charge in [-0.2, -0.15) is 0 Å². The summed E-state index contributed by atoms with van der Waals surface area (Å²) >= 11 is 1.59. The molecule has 1 atom stereocenters. The van der Waals surface area contributed by atoms with Gasteiger partial charge in [-0.15, -0.1) is 11.8 Å². The number of nitrogens with zero attached hydrogens (tertiary/aromatic N) is 2. The first-order chi connectivity index (χ1) is 9.17. The maximum absolute atomic E-state index is 8.99. The van der Waals surface area contributed by atoms with Gasteiger partial charge < -0.3 is 20.6 Å². The van der Waals surface area contributed by atoms with Crippen molar-refractivity contribution < 1.29 is 9.94 Å². The fourth-order valence-electron chi connectivity index (χ4n) is 2.30. The summed E-state index contributed by atoms with van der Waals surface area (Å²) in [5, 5.41) is 12.2. The smallest absolute Gasteiger partial charge is 0.173 e. The van der Waals surface area contributed by atoms with Crippen molar-refractivity contribution in [3.05, 3.63) is 23.8 Å². The van der Waals surface area contributed by atoms with Crippen LogP contribution < -0.4 is 10.6 Å². The largest absolute Gasteiger partial charge is 0.409 e. The molecule has 1 heterocycles. The summed E-state index contributed by atoms with van der Waals surface area (Å²) in [5.41, 5.74) is 7.64. The molecule has 6 heteroatoms. The normalized spacial score (nSPS) is 20.6. The van der Waals surface area contributed by atoms with Crippen LogP contribution in [0.2, 0.25) is 0 Å². The fourth-order valence-corrected chi connectivity index (χ4v) is 2.93. The van der Waals surface area contributed by atoms with Gasteiger partial charge >= 0.3 is 0 Å². The number of morpholine rings is 1. The Hall–Kier alpha value is -1.40. The van der Waals surface area contributed by atoms with Crippen LogP contribution in [0.1, 0.15) is 12.5 Å². The zero-order chi connectivity index (χ0) is 13.8. The lowest BCUT2D eigenvalue weighted by Gasteiger charge is -2.34.